The molecular formula is C11H9ClN2O2. The van der Waals surface area contributed by atoms with Gasteiger partial charge in [0.25, 0.3) is 5.91 Å². The minimum absolute atomic E-state index is 0.195. The number of carbonyl (C=O) groups excluding carboxylic acids is 1. The second-order valence-electron chi connectivity index (χ2n) is 3.75. The molecule has 4 nitrogen and oxygen atoms in total. The van der Waals surface area contributed by atoms with Gasteiger partial charge in [-0.25, -0.2) is 4.85 Å². The van der Waals surface area contributed by atoms with Crippen LogP contribution in [-0.4, -0.2) is 18.1 Å². The maximum absolute atomic E-state index is 11.6. The van der Waals surface area contributed by atoms with Gasteiger partial charge in [-0.05, 0) is 19.1 Å². The molecule has 1 fully saturated rings. The molecule has 1 atom stereocenters. The molecule has 1 amide bonds. The Labute approximate surface area is 98.0 Å². The molecule has 0 radical (unpaired) electrons. The highest BCUT2D eigenvalue weighted by Crippen LogP contribution is 2.30. The molecule has 16 heavy (non-hydrogen) atoms. The highest BCUT2D eigenvalue weighted by molar-refractivity contribution is 6.33. The Morgan fingerprint density at radius 1 is 1.69 bits per heavy atom. The molecule has 1 heterocycles. The molecule has 82 valence electrons. The van der Waals surface area contributed by atoms with Gasteiger partial charge in [-0.3, -0.25) is 4.79 Å². The first-order valence-electron chi connectivity index (χ1n) is 4.67. The highest BCUT2D eigenvalue weighted by atomic mass is 35.5. The summed E-state index contributed by atoms with van der Waals surface area (Å²) in [7, 11) is 0. The van der Waals surface area contributed by atoms with Crippen LogP contribution >= 0.6 is 11.6 Å². The number of epoxide rings is 1. The fourth-order valence-electron chi connectivity index (χ4n) is 1.18. The average Bonchev–Trinajstić information content (AvgIpc) is 2.98. The SMILES string of the molecule is [C-]#[N+]c1ccc(NC(=O)[C@]2(C)CO2)cc1Cl. The van der Waals surface area contributed by atoms with Crippen LogP contribution in [0.2, 0.25) is 5.02 Å². The summed E-state index contributed by atoms with van der Waals surface area (Å²) in [6, 6.07) is 4.77. The van der Waals surface area contributed by atoms with Gasteiger partial charge < -0.3 is 10.1 Å². The molecule has 0 bridgehead atoms. The summed E-state index contributed by atoms with van der Waals surface area (Å²) < 4.78 is 5.01. The first-order chi connectivity index (χ1) is 7.55. The van der Waals surface area contributed by atoms with Gasteiger partial charge in [0, 0.05) is 10.7 Å². The van der Waals surface area contributed by atoms with E-state index >= 15 is 0 Å². The van der Waals surface area contributed by atoms with E-state index in [0.29, 0.717) is 23.0 Å². The van der Waals surface area contributed by atoms with E-state index in [-0.39, 0.29) is 5.91 Å². The minimum atomic E-state index is -0.703. The van der Waals surface area contributed by atoms with Gasteiger partial charge in [0.05, 0.1) is 13.2 Å². The number of hydrogen-bond donors (Lipinski definition) is 1. The fraction of sp³-hybridized carbons (Fsp3) is 0.273. The molecular weight excluding hydrogens is 228 g/mol. The van der Waals surface area contributed by atoms with E-state index in [1.165, 1.54) is 0 Å². The molecule has 0 saturated carbocycles. The molecule has 1 aliphatic heterocycles. The van der Waals surface area contributed by atoms with Crippen molar-refractivity contribution in [2.45, 2.75) is 12.5 Å². The van der Waals surface area contributed by atoms with E-state index < -0.39 is 5.60 Å². The number of carbonyl (C=O) groups is 1. The normalized spacial score (nSPS) is 22.3. The van der Waals surface area contributed by atoms with Gasteiger partial charge in [0.2, 0.25) is 5.69 Å². The number of anilines is 1. The molecule has 1 aromatic carbocycles. The fourth-order valence-corrected chi connectivity index (χ4v) is 1.40. The summed E-state index contributed by atoms with van der Waals surface area (Å²) in [5, 5.41) is 3.01. The Morgan fingerprint density at radius 2 is 2.38 bits per heavy atom. The summed E-state index contributed by atoms with van der Waals surface area (Å²) in [5.41, 5.74) is 0.234. The van der Waals surface area contributed by atoms with Crippen molar-refractivity contribution < 1.29 is 9.53 Å². The lowest BCUT2D eigenvalue weighted by Gasteiger charge is -2.08. The molecule has 1 aromatic rings. The molecule has 5 heteroatoms. The zero-order chi connectivity index (χ0) is 11.8. The van der Waals surface area contributed by atoms with Crippen LogP contribution in [0.4, 0.5) is 11.4 Å². The van der Waals surface area contributed by atoms with Crippen molar-refractivity contribution in [3.63, 3.8) is 0 Å². The van der Waals surface area contributed by atoms with Crippen molar-refractivity contribution in [1.29, 1.82) is 0 Å². The first-order valence-corrected chi connectivity index (χ1v) is 5.05. The van der Waals surface area contributed by atoms with Crippen LogP contribution in [-0.2, 0) is 9.53 Å². The maximum Gasteiger partial charge on any atom is 0.258 e. The van der Waals surface area contributed by atoms with E-state index in [0.717, 1.165) is 0 Å². The lowest BCUT2D eigenvalue weighted by atomic mass is 10.2. The third kappa shape index (κ3) is 2.01. The number of ether oxygens (including phenoxy) is 1. The molecule has 0 aromatic heterocycles. The quantitative estimate of drug-likeness (QED) is 0.634. The van der Waals surface area contributed by atoms with Crippen molar-refractivity contribution in [2.75, 3.05) is 11.9 Å². The second kappa shape index (κ2) is 3.78. The van der Waals surface area contributed by atoms with E-state index in [9.17, 15) is 4.79 Å². The number of nitrogens with one attached hydrogen (secondary N) is 1. The van der Waals surface area contributed by atoms with Crippen LogP contribution < -0.4 is 5.32 Å². The Hall–Kier alpha value is -1.57. The molecule has 0 aliphatic carbocycles. The first kappa shape index (κ1) is 10.9. The molecule has 0 spiro atoms. The summed E-state index contributed by atoms with van der Waals surface area (Å²) in [4.78, 5) is 14.9. The predicted molar refractivity (Wildman–Crippen MR) is 60.7 cm³/mol. The minimum Gasteiger partial charge on any atom is -0.359 e. The average molecular weight is 237 g/mol. The topological polar surface area (TPSA) is 46.0 Å². The van der Waals surface area contributed by atoms with Gasteiger partial charge >= 0.3 is 0 Å². The van der Waals surface area contributed by atoms with Crippen LogP contribution in [0.5, 0.6) is 0 Å². The number of hydrogen-bond acceptors (Lipinski definition) is 2. The number of nitrogens with zero attached hydrogens (tertiary/aromatic N) is 1. The second-order valence-corrected chi connectivity index (χ2v) is 4.16. The smallest absolute Gasteiger partial charge is 0.258 e. The molecule has 1 aliphatic rings. The third-order valence-corrected chi connectivity index (χ3v) is 2.69. The Kier molecular flexibility index (Phi) is 2.58. The molecule has 2 rings (SSSR count). The number of amides is 1. The van der Waals surface area contributed by atoms with Crippen LogP contribution in [0.3, 0.4) is 0 Å². The number of rotatable bonds is 2. The zero-order valence-corrected chi connectivity index (χ0v) is 9.34. The van der Waals surface area contributed by atoms with Crippen molar-refractivity contribution in [2.24, 2.45) is 0 Å². The van der Waals surface area contributed by atoms with Gasteiger partial charge in [0.1, 0.15) is 0 Å². The van der Waals surface area contributed by atoms with Crippen molar-refractivity contribution in [3.05, 3.63) is 34.6 Å². The summed E-state index contributed by atoms with van der Waals surface area (Å²) >= 11 is 5.85. The Balaban J connectivity index is 2.14. The predicted octanol–water partition coefficient (Wildman–Crippen LogP) is 2.62. The van der Waals surface area contributed by atoms with Crippen molar-refractivity contribution in [3.8, 4) is 0 Å². The van der Waals surface area contributed by atoms with E-state index in [4.69, 9.17) is 22.9 Å². The lowest BCUT2D eigenvalue weighted by Crippen LogP contribution is -2.28. The van der Waals surface area contributed by atoms with E-state index in [2.05, 4.69) is 10.2 Å². The van der Waals surface area contributed by atoms with Gasteiger partial charge in [0.15, 0.2) is 5.60 Å². The third-order valence-electron chi connectivity index (χ3n) is 2.38. The van der Waals surface area contributed by atoms with Crippen molar-refractivity contribution in [1.82, 2.24) is 0 Å². The van der Waals surface area contributed by atoms with Crippen LogP contribution in [0, 0.1) is 6.57 Å². The largest absolute Gasteiger partial charge is 0.359 e. The number of benzene rings is 1. The summed E-state index contributed by atoms with van der Waals surface area (Å²) in [5.74, 6) is -0.195. The van der Waals surface area contributed by atoms with Crippen molar-refractivity contribution >= 4 is 28.9 Å². The molecule has 1 N–H and O–H groups in total. The van der Waals surface area contributed by atoms with Crippen LogP contribution in [0.25, 0.3) is 4.85 Å². The zero-order valence-electron chi connectivity index (χ0n) is 8.58. The molecule has 1 saturated heterocycles. The standard InChI is InChI=1S/C11H9ClN2O2/c1-11(6-16-11)10(15)14-7-3-4-9(13-2)8(12)5-7/h3-5H,6H2,1H3,(H,14,15)/t11-/m0/s1. The van der Waals surface area contributed by atoms with Gasteiger partial charge in [-0.2, -0.15) is 0 Å². The molecule has 0 unspecified atom stereocenters. The lowest BCUT2D eigenvalue weighted by molar-refractivity contribution is -0.120. The summed E-state index contributed by atoms with van der Waals surface area (Å²) in [6.07, 6.45) is 0. The van der Waals surface area contributed by atoms with Gasteiger partial charge in [-0.15, -0.1) is 0 Å². The van der Waals surface area contributed by atoms with Gasteiger partial charge in [-0.1, -0.05) is 17.7 Å². The Morgan fingerprint density at radius 3 is 2.88 bits per heavy atom. The monoisotopic (exact) mass is 236 g/mol. The van der Waals surface area contributed by atoms with E-state index in [1.54, 1.807) is 25.1 Å². The van der Waals surface area contributed by atoms with E-state index in [1.807, 2.05) is 0 Å². The van der Waals surface area contributed by atoms with Crippen LogP contribution in [0.1, 0.15) is 6.92 Å². The van der Waals surface area contributed by atoms with Crippen LogP contribution in [0.15, 0.2) is 18.2 Å². The highest BCUT2D eigenvalue weighted by Gasteiger charge is 2.47. The Bertz CT molecular complexity index is 489. The number of halogens is 1. The maximum atomic E-state index is 11.6. The summed E-state index contributed by atoms with van der Waals surface area (Å²) in [6.45, 7) is 9.00.